The fourth-order valence-electron chi connectivity index (χ4n) is 9.42. The van der Waals surface area contributed by atoms with Crippen LogP contribution in [0.1, 0.15) is 296 Å². The number of hydrogen-bond acceptors (Lipinski definition) is 3. The van der Waals surface area contributed by atoms with Crippen LogP contribution in [0.25, 0.3) is 0 Å². The van der Waals surface area contributed by atoms with Gasteiger partial charge in [-0.25, -0.2) is 0 Å². The number of aliphatic hydroxyl groups excluding tert-OH is 2. The van der Waals surface area contributed by atoms with Crippen LogP contribution in [0, 0.1) is 0 Å². The van der Waals surface area contributed by atoms with Crippen molar-refractivity contribution in [3.8, 4) is 0 Å². The van der Waals surface area contributed by atoms with E-state index in [4.69, 9.17) is 0 Å². The normalized spacial score (nSPS) is 13.8. The predicted octanol–water partition coefficient (Wildman–Crippen LogP) is 23.3. The molecular weight excluding hydrogens is 975 g/mol. The first-order valence-corrected chi connectivity index (χ1v) is 33.7. The van der Waals surface area contributed by atoms with Crippen LogP contribution in [0.5, 0.6) is 0 Å². The van der Waals surface area contributed by atoms with Gasteiger partial charge in [-0.3, -0.25) is 4.79 Å². The summed E-state index contributed by atoms with van der Waals surface area (Å²) in [5, 5.41) is 23.2. The fourth-order valence-corrected chi connectivity index (χ4v) is 9.42. The molecule has 0 radical (unpaired) electrons. The zero-order valence-corrected chi connectivity index (χ0v) is 52.3. The molecule has 1 amide bonds. The van der Waals surface area contributed by atoms with Crippen LogP contribution in [-0.2, 0) is 4.79 Å². The van der Waals surface area contributed by atoms with Crippen molar-refractivity contribution in [2.75, 3.05) is 6.61 Å². The van der Waals surface area contributed by atoms with Gasteiger partial charge in [0.15, 0.2) is 0 Å². The molecule has 4 heteroatoms. The van der Waals surface area contributed by atoms with E-state index in [0.717, 1.165) is 116 Å². The molecule has 2 unspecified atom stereocenters. The van der Waals surface area contributed by atoms with Gasteiger partial charge in [-0.2, -0.15) is 0 Å². The van der Waals surface area contributed by atoms with Gasteiger partial charge < -0.3 is 15.5 Å². The summed E-state index contributed by atoms with van der Waals surface area (Å²) in [6, 6.07) is -0.664. The minimum atomic E-state index is -0.887. The number of amides is 1. The van der Waals surface area contributed by atoms with Crippen molar-refractivity contribution in [3.63, 3.8) is 0 Å². The quantitative estimate of drug-likeness (QED) is 0.0420. The molecule has 2 atom stereocenters. The van der Waals surface area contributed by atoms with E-state index in [9.17, 15) is 15.0 Å². The van der Waals surface area contributed by atoms with E-state index < -0.39 is 12.1 Å². The van der Waals surface area contributed by atoms with Crippen molar-refractivity contribution in [3.05, 3.63) is 158 Å². The highest BCUT2D eigenvalue weighted by Gasteiger charge is 2.18. The van der Waals surface area contributed by atoms with Crippen LogP contribution in [0.2, 0.25) is 0 Å². The van der Waals surface area contributed by atoms with E-state index in [1.807, 2.05) is 6.08 Å². The van der Waals surface area contributed by atoms with Gasteiger partial charge in [0.05, 0.1) is 18.8 Å². The first-order valence-electron chi connectivity index (χ1n) is 33.7. The highest BCUT2D eigenvalue weighted by molar-refractivity contribution is 5.76. The lowest BCUT2D eigenvalue weighted by molar-refractivity contribution is -0.123. The molecule has 0 heterocycles. The average Bonchev–Trinajstić information content (AvgIpc) is 3.46. The summed E-state index contributed by atoms with van der Waals surface area (Å²) in [6.07, 6.45) is 110. The van der Waals surface area contributed by atoms with Gasteiger partial charge in [-0.1, -0.05) is 326 Å². The molecule has 454 valence electrons. The molecule has 0 aromatic rings. The summed E-state index contributed by atoms with van der Waals surface area (Å²) in [6.45, 7) is 4.19. The predicted molar refractivity (Wildman–Crippen MR) is 358 cm³/mol. The molecule has 0 aromatic carbocycles. The molecule has 0 aliphatic heterocycles. The summed E-state index contributed by atoms with van der Waals surface area (Å²) in [4.78, 5) is 12.5. The van der Waals surface area contributed by atoms with Crippen molar-refractivity contribution in [1.29, 1.82) is 0 Å². The van der Waals surface area contributed by atoms with Crippen LogP contribution in [0.15, 0.2) is 158 Å². The largest absolute Gasteiger partial charge is 0.394 e. The molecule has 0 saturated carbocycles. The Morgan fingerprint density at radius 3 is 0.875 bits per heavy atom. The summed E-state index contributed by atoms with van der Waals surface area (Å²) in [5.74, 6) is -0.0909. The van der Waals surface area contributed by atoms with Crippen LogP contribution in [-0.4, -0.2) is 34.9 Å². The highest BCUT2D eigenvalue weighted by Crippen LogP contribution is 2.16. The lowest BCUT2D eigenvalue weighted by Gasteiger charge is -2.19. The Morgan fingerprint density at radius 1 is 0.312 bits per heavy atom. The maximum atomic E-state index is 12.5. The summed E-state index contributed by atoms with van der Waals surface area (Å²) in [7, 11) is 0. The molecule has 0 rings (SSSR count). The molecule has 4 nitrogen and oxygen atoms in total. The van der Waals surface area contributed by atoms with Gasteiger partial charge in [0, 0.05) is 6.42 Å². The Balaban J connectivity index is 3.64. The molecule has 0 aliphatic rings. The van der Waals surface area contributed by atoms with Crippen molar-refractivity contribution in [2.24, 2.45) is 0 Å². The van der Waals surface area contributed by atoms with Crippen molar-refractivity contribution >= 4 is 5.91 Å². The molecular formula is C76H127NO3. The second-order valence-corrected chi connectivity index (χ2v) is 22.1. The maximum absolute atomic E-state index is 12.5. The van der Waals surface area contributed by atoms with Gasteiger partial charge in [-0.15, -0.1) is 0 Å². The highest BCUT2D eigenvalue weighted by atomic mass is 16.3. The van der Waals surface area contributed by atoms with Crippen molar-refractivity contribution < 1.29 is 15.0 Å². The number of unbranched alkanes of at least 4 members (excludes halogenated alkanes) is 29. The van der Waals surface area contributed by atoms with E-state index in [1.165, 1.54) is 161 Å². The molecule has 0 saturated heterocycles. The number of hydrogen-bond donors (Lipinski definition) is 3. The third kappa shape index (κ3) is 64.8. The average molecular weight is 1100 g/mol. The zero-order valence-electron chi connectivity index (χ0n) is 52.3. The third-order valence-electron chi connectivity index (χ3n) is 14.5. The number of carbonyl (C=O) groups is 1. The first-order chi connectivity index (χ1) is 39.7. The lowest BCUT2D eigenvalue weighted by atomic mass is 10.0. The number of rotatable bonds is 60. The molecule has 80 heavy (non-hydrogen) atoms. The SMILES string of the molecule is CC/C=C\C/C=C\C/C=C\C/C=C\C/C=C\C/C=C\C/C=C\C/C=C\C/C=C\C/C=C\CCCCCCCCCCC(=O)NC(CO)C(O)/C=C/CC/C=C/CC/C=C/CCCCCCCCCCCCCCCCCCCCC. The molecule has 0 aliphatic carbocycles. The molecule has 0 aromatic heterocycles. The monoisotopic (exact) mass is 1100 g/mol. The van der Waals surface area contributed by atoms with Crippen LogP contribution >= 0.6 is 0 Å². The smallest absolute Gasteiger partial charge is 0.220 e. The number of nitrogens with one attached hydrogen (secondary N) is 1. The molecule has 0 bridgehead atoms. The number of allylic oxidation sites excluding steroid dienone is 25. The van der Waals surface area contributed by atoms with E-state index in [2.05, 4.69) is 165 Å². The zero-order chi connectivity index (χ0) is 57.6. The van der Waals surface area contributed by atoms with Crippen LogP contribution in [0.4, 0.5) is 0 Å². The Bertz CT molecular complexity index is 1680. The Hall–Kier alpha value is -3.99. The summed E-state index contributed by atoms with van der Waals surface area (Å²) < 4.78 is 0. The molecule has 0 spiro atoms. The van der Waals surface area contributed by atoms with Crippen LogP contribution in [0.3, 0.4) is 0 Å². The Kier molecular flexibility index (Phi) is 65.8. The van der Waals surface area contributed by atoms with E-state index in [1.54, 1.807) is 6.08 Å². The van der Waals surface area contributed by atoms with Gasteiger partial charge in [0.1, 0.15) is 0 Å². The minimum absolute atomic E-state index is 0.0909. The standard InChI is InChI=1S/C76H127NO3/c1-3-5-7-9-11-13-15-17-19-21-23-25-27-29-31-33-34-35-36-37-38-39-40-41-42-44-46-48-50-52-54-56-58-60-62-64-66-68-70-72-76(80)77-74(73-78)75(79)71-69-67-65-63-61-59-57-55-53-51-49-47-45-43-32-30-28-26-24-22-20-18-16-14-12-10-8-6-4-2/h5,7,11,13,17,19,23,25,29,31,34-35,37-38,40-41,44,46,50,52-53,55,61,63,69,71,74-75,78-79H,3-4,6,8-10,12,14-16,18,20-22,24,26-28,30,32-33,36,39,42-43,45,47-49,51,54,56-60,62,64-68,70,72-73H2,1-2H3,(H,77,80)/b7-5-,13-11-,19-17-,25-23-,31-29-,35-34-,38-37-,41-40-,46-44-,52-50-,55-53+,63-61+,71-69+. The van der Waals surface area contributed by atoms with Gasteiger partial charge in [-0.05, 0) is 122 Å². The van der Waals surface area contributed by atoms with Crippen LogP contribution < -0.4 is 5.32 Å². The number of aliphatic hydroxyl groups is 2. The number of carbonyl (C=O) groups excluding carboxylic acids is 1. The topological polar surface area (TPSA) is 69.6 Å². The van der Waals surface area contributed by atoms with Gasteiger partial charge >= 0.3 is 0 Å². The van der Waals surface area contributed by atoms with E-state index >= 15 is 0 Å². The van der Waals surface area contributed by atoms with E-state index in [0.29, 0.717) is 6.42 Å². The second kappa shape index (κ2) is 69.3. The Labute approximate surface area is 496 Å². The minimum Gasteiger partial charge on any atom is -0.394 e. The summed E-state index contributed by atoms with van der Waals surface area (Å²) >= 11 is 0. The second-order valence-electron chi connectivity index (χ2n) is 22.1. The van der Waals surface area contributed by atoms with Gasteiger partial charge in [0.25, 0.3) is 0 Å². The maximum Gasteiger partial charge on any atom is 0.220 e. The summed E-state index contributed by atoms with van der Waals surface area (Å²) in [5.41, 5.74) is 0. The van der Waals surface area contributed by atoms with E-state index in [-0.39, 0.29) is 12.5 Å². The molecule has 0 fully saturated rings. The van der Waals surface area contributed by atoms with Crippen molar-refractivity contribution in [1.82, 2.24) is 5.32 Å². The molecule has 3 N–H and O–H groups in total. The third-order valence-corrected chi connectivity index (χ3v) is 14.5. The lowest BCUT2D eigenvalue weighted by Crippen LogP contribution is -2.45. The fraction of sp³-hybridized carbons (Fsp3) is 0.645. The first kappa shape index (κ1) is 76.0. The van der Waals surface area contributed by atoms with Gasteiger partial charge in [0.2, 0.25) is 5.91 Å². The van der Waals surface area contributed by atoms with Crippen molar-refractivity contribution in [2.45, 2.75) is 309 Å². The Morgan fingerprint density at radius 2 is 0.562 bits per heavy atom.